The van der Waals surface area contributed by atoms with Crippen molar-refractivity contribution >= 4 is 57.2 Å². The van der Waals surface area contributed by atoms with Crippen molar-refractivity contribution in [1.82, 2.24) is 5.43 Å². The summed E-state index contributed by atoms with van der Waals surface area (Å²) in [7, 11) is 0. The minimum atomic E-state index is -0.462. The maximum atomic E-state index is 12.2. The predicted molar refractivity (Wildman–Crippen MR) is 123 cm³/mol. The molecule has 158 valence electrons. The van der Waals surface area contributed by atoms with E-state index in [4.69, 9.17) is 32.7 Å². The zero-order valence-corrected chi connectivity index (χ0v) is 18.9. The highest BCUT2D eigenvalue weighted by molar-refractivity contribution is 9.10. The predicted octanol–water partition coefficient (Wildman–Crippen LogP) is 5.50. The topological polar surface area (TPSA) is 77.0 Å². The molecule has 31 heavy (non-hydrogen) atoms. The van der Waals surface area contributed by atoms with Crippen molar-refractivity contribution < 1.29 is 19.1 Å². The van der Waals surface area contributed by atoms with Crippen molar-refractivity contribution in [2.45, 2.75) is 0 Å². The Balaban J connectivity index is 1.47. The van der Waals surface area contributed by atoms with Gasteiger partial charge in [-0.1, -0.05) is 45.2 Å². The van der Waals surface area contributed by atoms with Crippen molar-refractivity contribution in [2.24, 2.45) is 5.10 Å². The van der Waals surface area contributed by atoms with Crippen LogP contribution in [0.1, 0.15) is 15.9 Å². The third kappa shape index (κ3) is 7.10. The number of benzene rings is 3. The van der Waals surface area contributed by atoms with Gasteiger partial charge in [0.1, 0.15) is 11.5 Å². The molecule has 3 aromatic carbocycles. The Morgan fingerprint density at radius 2 is 1.81 bits per heavy atom. The average Bonchev–Trinajstić information content (AvgIpc) is 2.74. The van der Waals surface area contributed by atoms with Crippen LogP contribution in [0.5, 0.6) is 11.5 Å². The van der Waals surface area contributed by atoms with Crippen LogP contribution in [0.15, 0.2) is 76.3 Å². The van der Waals surface area contributed by atoms with Crippen LogP contribution in [-0.2, 0) is 4.79 Å². The van der Waals surface area contributed by atoms with Gasteiger partial charge in [0.25, 0.3) is 5.91 Å². The first-order valence-electron chi connectivity index (χ1n) is 8.88. The zero-order chi connectivity index (χ0) is 22.2. The van der Waals surface area contributed by atoms with Crippen LogP contribution in [0, 0.1) is 0 Å². The van der Waals surface area contributed by atoms with Crippen LogP contribution in [0.25, 0.3) is 0 Å². The Bertz CT molecular complexity index is 1120. The number of halogens is 3. The number of nitrogens with one attached hydrogen (secondary N) is 1. The molecule has 6 nitrogen and oxygen atoms in total. The van der Waals surface area contributed by atoms with Gasteiger partial charge in [0, 0.05) is 9.50 Å². The molecule has 0 radical (unpaired) electrons. The normalized spacial score (nSPS) is 10.7. The molecule has 3 aromatic rings. The second kappa shape index (κ2) is 10.9. The lowest BCUT2D eigenvalue weighted by molar-refractivity contribution is -0.123. The lowest BCUT2D eigenvalue weighted by Gasteiger charge is -2.07. The Hall–Kier alpha value is -2.87. The number of hydrogen-bond donors (Lipinski definition) is 1. The van der Waals surface area contributed by atoms with Gasteiger partial charge in [0.05, 0.1) is 16.8 Å². The minimum absolute atomic E-state index is 0.261. The third-order valence-corrected chi connectivity index (χ3v) is 4.83. The largest absolute Gasteiger partial charge is 0.482 e. The molecule has 1 amide bonds. The number of carbonyl (C=O) groups is 2. The maximum Gasteiger partial charge on any atom is 0.343 e. The van der Waals surface area contributed by atoms with Crippen LogP contribution < -0.4 is 14.9 Å². The summed E-state index contributed by atoms with van der Waals surface area (Å²) >= 11 is 15.1. The monoisotopic (exact) mass is 520 g/mol. The van der Waals surface area contributed by atoms with E-state index >= 15 is 0 Å². The van der Waals surface area contributed by atoms with Gasteiger partial charge in [-0.2, -0.15) is 5.10 Å². The van der Waals surface area contributed by atoms with E-state index in [0.717, 1.165) is 4.47 Å². The molecule has 0 spiro atoms. The number of esters is 1. The molecule has 0 fully saturated rings. The van der Waals surface area contributed by atoms with E-state index < -0.39 is 11.9 Å². The molecule has 0 aliphatic carbocycles. The lowest BCUT2D eigenvalue weighted by atomic mass is 10.2. The van der Waals surface area contributed by atoms with E-state index in [1.165, 1.54) is 12.3 Å². The van der Waals surface area contributed by atoms with Gasteiger partial charge in [-0.25, -0.2) is 10.2 Å². The van der Waals surface area contributed by atoms with Crippen LogP contribution in [0.4, 0.5) is 0 Å². The number of nitrogens with zero attached hydrogens (tertiary/aromatic N) is 1. The van der Waals surface area contributed by atoms with E-state index in [1.54, 1.807) is 54.6 Å². The summed E-state index contributed by atoms with van der Waals surface area (Å²) in [4.78, 5) is 24.0. The summed E-state index contributed by atoms with van der Waals surface area (Å²) in [5, 5.41) is 4.65. The van der Waals surface area contributed by atoms with Gasteiger partial charge >= 0.3 is 5.97 Å². The van der Waals surface area contributed by atoms with Gasteiger partial charge in [-0.05, 0) is 66.2 Å². The summed E-state index contributed by atoms with van der Waals surface area (Å²) in [5.74, 6) is -0.185. The summed E-state index contributed by atoms with van der Waals surface area (Å²) in [6.07, 6.45) is 1.45. The summed E-state index contributed by atoms with van der Waals surface area (Å²) in [6.45, 7) is -0.261. The Kier molecular flexibility index (Phi) is 8.06. The second-order valence-electron chi connectivity index (χ2n) is 6.13. The first-order valence-corrected chi connectivity index (χ1v) is 10.4. The first kappa shape index (κ1) is 22.8. The van der Waals surface area contributed by atoms with Crippen molar-refractivity contribution in [3.8, 4) is 11.5 Å². The van der Waals surface area contributed by atoms with E-state index in [9.17, 15) is 9.59 Å². The second-order valence-corrected chi connectivity index (χ2v) is 7.88. The van der Waals surface area contributed by atoms with E-state index in [1.807, 2.05) is 6.07 Å². The molecular formula is C22H15BrCl2N2O4. The first-order chi connectivity index (χ1) is 14.9. The Morgan fingerprint density at radius 1 is 1.03 bits per heavy atom. The standard InChI is InChI=1S/C22H15BrCl2N2O4/c23-16-3-1-2-15(10-16)22(29)31-18-7-4-14(5-8-18)12-26-27-21(28)13-30-20-9-6-17(24)11-19(20)25/h1-12H,13H2,(H,27,28). The summed E-state index contributed by atoms with van der Waals surface area (Å²) in [5.41, 5.74) is 3.49. The smallest absolute Gasteiger partial charge is 0.343 e. The number of amides is 1. The van der Waals surface area contributed by atoms with Crippen molar-refractivity contribution in [1.29, 1.82) is 0 Å². The van der Waals surface area contributed by atoms with E-state index in [-0.39, 0.29) is 6.61 Å². The zero-order valence-electron chi connectivity index (χ0n) is 15.8. The third-order valence-electron chi connectivity index (χ3n) is 3.81. The van der Waals surface area contributed by atoms with Crippen molar-refractivity contribution in [2.75, 3.05) is 6.61 Å². The molecule has 0 aliphatic heterocycles. The van der Waals surface area contributed by atoms with Crippen LogP contribution >= 0.6 is 39.1 Å². The van der Waals surface area contributed by atoms with Crippen LogP contribution in [-0.4, -0.2) is 24.7 Å². The van der Waals surface area contributed by atoms with Crippen LogP contribution in [0.2, 0.25) is 10.0 Å². The molecule has 1 N–H and O–H groups in total. The molecule has 0 saturated heterocycles. The molecular weight excluding hydrogens is 507 g/mol. The summed E-state index contributed by atoms with van der Waals surface area (Å²) < 4.78 is 11.4. The van der Waals surface area contributed by atoms with Crippen LogP contribution in [0.3, 0.4) is 0 Å². The number of rotatable bonds is 7. The maximum absolute atomic E-state index is 12.2. The van der Waals surface area contributed by atoms with Crippen molar-refractivity contribution in [3.63, 3.8) is 0 Å². The quantitative estimate of drug-likeness (QED) is 0.192. The molecule has 0 atom stereocenters. The highest BCUT2D eigenvalue weighted by Crippen LogP contribution is 2.27. The fraction of sp³-hybridized carbons (Fsp3) is 0.0455. The fourth-order valence-electron chi connectivity index (χ4n) is 2.35. The molecule has 0 heterocycles. The Morgan fingerprint density at radius 3 is 2.52 bits per heavy atom. The van der Waals surface area contributed by atoms with Crippen molar-refractivity contribution in [3.05, 3.63) is 92.4 Å². The van der Waals surface area contributed by atoms with Gasteiger partial charge in [0.15, 0.2) is 6.61 Å². The molecule has 0 saturated carbocycles. The highest BCUT2D eigenvalue weighted by Gasteiger charge is 2.09. The molecule has 0 unspecified atom stereocenters. The minimum Gasteiger partial charge on any atom is -0.482 e. The number of hydrogen-bond acceptors (Lipinski definition) is 5. The molecule has 0 aliphatic rings. The number of carbonyl (C=O) groups excluding carboxylic acids is 2. The lowest BCUT2D eigenvalue weighted by Crippen LogP contribution is -2.24. The van der Waals surface area contributed by atoms with Gasteiger partial charge in [-0.3, -0.25) is 4.79 Å². The van der Waals surface area contributed by atoms with E-state index in [0.29, 0.717) is 32.7 Å². The van der Waals surface area contributed by atoms with Gasteiger partial charge < -0.3 is 9.47 Å². The summed E-state index contributed by atoms with van der Waals surface area (Å²) in [6, 6.07) is 18.3. The SMILES string of the molecule is O=C(COc1ccc(Cl)cc1Cl)NN=Cc1ccc(OC(=O)c2cccc(Br)c2)cc1. The van der Waals surface area contributed by atoms with E-state index in [2.05, 4.69) is 26.5 Å². The van der Waals surface area contributed by atoms with Gasteiger partial charge in [0.2, 0.25) is 0 Å². The highest BCUT2D eigenvalue weighted by atomic mass is 79.9. The average molecular weight is 522 g/mol. The molecule has 3 rings (SSSR count). The molecule has 0 bridgehead atoms. The molecule has 9 heteroatoms. The molecule has 0 aromatic heterocycles. The Labute approximate surface area is 196 Å². The number of hydrazone groups is 1. The van der Waals surface area contributed by atoms with Gasteiger partial charge in [-0.15, -0.1) is 0 Å². The number of ether oxygens (including phenoxy) is 2. The fourth-order valence-corrected chi connectivity index (χ4v) is 3.21.